The molecule has 0 unspecified atom stereocenters. The average Bonchev–Trinajstić information content (AvgIpc) is 2.72. The van der Waals surface area contributed by atoms with Crippen molar-refractivity contribution in [1.82, 2.24) is 10.2 Å². The van der Waals surface area contributed by atoms with Crippen molar-refractivity contribution >= 4 is 12.0 Å². The largest absolute Gasteiger partial charge is 0.444 e. The molecule has 1 heterocycles. The Kier molecular flexibility index (Phi) is 5.62. The lowest BCUT2D eigenvalue weighted by Gasteiger charge is -2.66. The van der Waals surface area contributed by atoms with Crippen LogP contribution in [0.15, 0.2) is 30.3 Å². The van der Waals surface area contributed by atoms with Crippen LogP contribution in [0.1, 0.15) is 92.1 Å². The van der Waals surface area contributed by atoms with Gasteiger partial charge in [0.15, 0.2) is 0 Å². The van der Waals surface area contributed by atoms with Gasteiger partial charge in [0.2, 0.25) is 5.91 Å². The zero-order chi connectivity index (χ0) is 25.3. The van der Waals surface area contributed by atoms with Gasteiger partial charge in [0, 0.05) is 24.5 Å². The van der Waals surface area contributed by atoms with E-state index < -0.39 is 5.60 Å². The van der Waals surface area contributed by atoms with Gasteiger partial charge in [0.05, 0.1) is 5.41 Å². The number of piperidine rings is 1. The molecule has 0 radical (unpaired) electrons. The third-order valence-corrected chi connectivity index (χ3v) is 9.39. The molecule has 5 atom stereocenters. The van der Waals surface area contributed by atoms with Crippen molar-refractivity contribution in [3.63, 3.8) is 0 Å². The standard InChI is InChI=1S/C30H44N2O3/c1-26(2,3)35-25(34)31-23-12-13-32(20-27(23,4)5)24(33)30-16-21-14-28(6,18-30)17-29(15-21,19-30)22-10-8-7-9-11-22/h7-11,21,23H,12-20H2,1-6H3,(H,31,34)/t21-,23-,28+,29+,30-/m0/s1. The number of hydrogen-bond donors (Lipinski definition) is 1. The maximum atomic E-state index is 14.4. The highest BCUT2D eigenvalue weighted by molar-refractivity contribution is 5.84. The third kappa shape index (κ3) is 4.49. The summed E-state index contributed by atoms with van der Waals surface area (Å²) in [6.45, 7) is 13.8. The van der Waals surface area contributed by atoms with Gasteiger partial charge in [0.25, 0.3) is 0 Å². The molecule has 1 aromatic rings. The van der Waals surface area contributed by atoms with Crippen molar-refractivity contribution < 1.29 is 14.3 Å². The van der Waals surface area contributed by atoms with Crippen LogP contribution in [-0.4, -0.2) is 41.6 Å². The van der Waals surface area contributed by atoms with Crippen molar-refractivity contribution in [3.8, 4) is 0 Å². The Morgan fingerprint density at radius 1 is 1.00 bits per heavy atom. The minimum Gasteiger partial charge on any atom is -0.444 e. The molecule has 1 N–H and O–H groups in total. The summed E-state index contributed by atoms with van der Waals surface area (Å²) in [6, 6.07) is 11.0. The highest BCUT2D eigenvalue weighted by atomic mass is 16.6. The fourth-order valence-corrected chi connectivity index (χ4v) is 8.86. The quantitative estimate of drug-likeness (QED) is 0.571. The molecule has 5 aliphatic rings. The summed E-state index contributed by atoms with van der Waals surface area (Å²) in [5.74, 6) is 1.01. The maximum Gasteiger partial charge on any atom is 0.407 e. The number of amides is 2. The number of hydrogen-bond acceptors (Lipinski definition) is 3. The number of likely N-dealkylation sites (tertiary alicyclic amines) is 1. The van der Waals surface area contributed by atoms with E-state index in [0.717, 1.165) is 25.7 Å². The molecule has 192 valence electrons. The van der Waals surface area contributed by atoms with Crippen LogP contribution in [-0.2, 0) is 14.9 Å². The molecule has 0 spiro atoms. The van der Waals surface area contributed by atoms with Crippen molar-refractivity contribution in [1.29, 1.82) is 0 Å². The Labute approximate surface area is 211 Å². The first-order valence-electron chi connectivity index (χ1n) is 13.6. The number of benzene rings is 1. The van der Waals surface area contributed by atoms with Gasteiger partial charge in [-0.2, -0.15) is 0 Å². The van der Waals surface area contributed by atoms with Crippen molar-refractivity contribution in [2.75, 3.05) is 13.1 Å². The second-order valence-electron chi connectivity index (χ2n) is 14.4. The van der Waals surface area contributed by atoms with Crippen LogP contribution in [0.25, 0.3) is 0 Å². The Bertz CT molecular complexity index is 999. The molecule has 1 saturated heterocycles. The zero-order valence-electron chi connectivity index (χ0n) is 22.6. The molecule has 2 amide bonds. The number of carbonyl (C=O) groups is 2. The van der Waals surface area contributed by atoms with Crippen LogP contribution in [0.5, 0.6) is 0 Å². The fraction of sp³-hybridized carbons (Fsp3) is 0.733. The number of ether oxygens (including phenoxy) is 1. The van der Waals surface area contributed by atoms with E-state index in [2.05, 4.69) is 61.3 Å². The van der Waals surface area contributed by atoms with Gasteiger partial charge in [-0.15, -0.1) is 0 Å². The highest BCUT2D eigenvalue weighted by Gasteiger charge is 2.65. The number of rotatable bonds is 3. The average molecular weight is 481 g/mol. The third-order valence-electron chi connectivity index (χ3n) is 9.39. The second kappa shape index (κ2) is 7.98. The van der Waals surface area contributed by atoms with E-state index in [1.807, 2.05) is 20.8 Å². The van der Waals surface area contributed by atoms with Gasteiger partial charge in [0.1, 0.15) is 5.60 Å². The molecular formula is C30H44N2O3. The first-order chi connectivity index (χ1) is 16.2. The van der Waals surface area contributed by atoms with Crippen LogP contribution >= 0.6 is 0 Å². The van der Waals surface area contributed by atoms with Crippen LogP contribution in [0.4, 0.5) is 4.79 Å². The van der Waals surface area contributed by atoms with E-state index in [4.69, 9.17) is 4.74 Å². The van der Waals surface area contributed by atoms with E-state index in [9.17, 15) is 9.59 Å². The monoisotopic (exact) mass is 480 g/mol. The number of alkyl carbamates (subject to hydrolysis) is 1. The Morgan fingerprint density at radius 2 is 1.71 bits per heavy atom. The van der Waals surface area contributed by atoms with Crippen LogP contribution in [0.3, 0.4) is 0 Å². The predicted molar refractivity (Wildman–Crippen MR) is 138 cm³/mol. The SMILES string of the molecule is CC(C)(C)OC(=O)N[C@H]1CCN(C(=O)[C@@]23C[C@H]4C[C@@](C)(C2)C[C@](c2ccccc2)(C4)C3)CC1(C)C. The van der Waals surface area contributed by atoms with Gasteiger partial charge in [-0.3, -0.25) is 4.79 Å². The minimum absolute atomic E-state index is 0.00839. The molecule has 4 saturated carbocycles. The second-order valence-corrected chi connectivity index (χ2v) is 14.4. The van der Waals surface area contributed by atoms with Crippen LogP contribution in [0.2, 0.25) is 0 Å². The summed E-state index contributed by atoms with van der Waals surface area (Å²) in [5.41, 5.74) is 0.843. The Balaban J connectivity index is 1.35. The fourth-order valence-electron chi connectivity index (χ4n) is 8.86. The van der Waals surface area contributed by atoms with Gasteiger partial charge in [-0.1, -0.05) is 51.1 Å². The lowest BCUT2D eigenvalue weighted by molar-refractivity contribution is -0.173. The number of nitrogens with zero attached hydrogens (tertiary/aromatic N) is 1. The Morgan fingerprint density at radius 3 is 2.34 bits per heavy atom. The van der Waals surface area contributed by atoms with Crippen LogP contribution < -0.4 is 5.32 Å². The summed E-state index contributed by atoms with van der Waals surface area (Å²) in [6.07, 6.45) is 7.17. The van der Waals surface area contributed by atoms with Gasteiger partial charge in [-0.25, -0.2) is 4.79 Å². The minimum atomic E-state index is -0.520. The smallest absolute Gasteiger partial charge is 0.407 e. The molecule has 4 aliphatic carbocycles. The summed E-state index contributed by atoms with van der Waals surface area (Å²) in [7, 11) is 0. The van der Waals surface area contributed by atoms with Gasteiger partial charge < -0.3 is 15.0 Å². The van der Waals surface area contributed by atoms with Crippen molar-refractivity contribution in [2.45, 2.75) is 104 Å². The van der Waals surface area contributed by atoms with Gasteiger partial charge in [-0.05, 0) is 88.0 Å². The predicted octanol–water partition coefficient (Wildman–Crippen LogP) is 6.07. The first-order valence-corrected chi connectivity index (χ1v) is 13.6. The molecule has 5 heteroatoms. The maximum absolute atomic E-state index is 14.4. The molecule has 6 rings (SSSR count). The molecule has 1 aliphatic heterocycles. The molecule has 1 aromatic carbocycles. The van der Waals surface area contributed by atoms with E-state index in [1.54, 1.807) is 0 Å². The molecular weight excluding hydrogens is 436 g/mol. The summed E-state index contributed by atoms with van der Waals surface area (Å²) in [4.78, 5) is 29.0. The lowest BCUT2D eigenvalue weighted by Crippen LogP contribution is -2.65. The number of carbonyl (C=O) groups excluding carboxylic acids is 2. The highest BCUT2D eigenvalue weighted by Crippen LogP contribution is 2.70. The molecule has 5 fully saturated rings. The van der Waals surface area contributed by atoms with E-state index in [1.165, 1.54) is 24.8 Å². The summed E-state index contributed by atoms with van der Waals surface area (Å²) < 4.78 is 5.51. The van der Waals surface area contributed by atoms with Crippen molar-refractivity contribution in [3.05, 3.63) is 35.9 Å². The molecule has 5 nitrogen and oxygen atoms in total. The zero-order valence-corrected chi connectivity index (χ0v) is 22.6. The summed E-state index contributed by atoms with van der Waals surface area (Å²) in [5, 5.41) is 3.09. The molecule has 0 aromatic heterocycles. The van der Waals surface area contributed by atoms with Crippen LogP contribution in [0, 0.1) is 22.2 Å². The molecule has 4 bridgehead atoms. The normalized spacial score (nSPS) is 37.7. The van der Waals surface area contributed by atoms with E-state index in [0.29, 0.717) is 24.9 Å². The first kappa shape index (κ1) is 24.6. The van der Waals surface area contributed by atoms with E-state index in [-0.39, 0.29) is 33.8 Å². The van der Waals surface area contributed by atoms with E-state index >= 15 is 0 Å². The summed E-state index contributed by atoms with van der Waals surface area (Å²) >= 11 is 0. The van der Waals surface area contributed by atoms with Crippen molar-refractivity contribution in [2.24, 2.45) is 22.2 Å². The lowest BCUT2D eigenvalue weighted by atomic mass is 9.38. The molecule has 35 heavy (non-hydrogen) atoms. The van der Waals surface area contributed by atoms with Gasteiger partial charge >= 0.3 is 6.09 Å². The number of nitrogens with one attached hydrogen (secondary N) is 1. The Hall–Kier alpha value is -2.04. The topological polar surface area (TPSA) is 58.6 Å².